The van der Waals surface area contributed by atoms with Gasteiger partial charge in [0.2, 0.25) is 0 Å². The standard InChI is InChI=1S/C16H14FNO2/c1-11-5-4-10-18-16(11)15(20)9-8-14(19)12-6-2-3-7-13(12)17/h2-7,10H,8-9H2,1H3. The van der Waals surface area contributed by atoms with Crippen LogP contribution in [0.2, 0.25) is 0 Å². The van der Waals surface area contributed by atoms with Crippen LogP contribution in [0.25, 0.3) is 0 Å². The van der Waals surface area contributed by atoms with Crippen molar-refractivity contribution in [1.82, 2.24) is 4.98 Å². The zero-order chi connectivity index (χ0) is 14.5. The van der Waals surface area contributed by atoms with Gasteiger partial charge in [0.25, 0.3) is 0 Å². The molecule has 20 heavy (non-hydrogen) atoms. The quantitative estimate of drug-likeness (QED) is 0.783. The molecule has 0 saturated heterocycles. The molecule has 0 spiro atoms. The SMILES string of the molecule is Cc1cccnc1C(=O)CCC(=O)c1ccccc1F. The molecule has 0 amide bonds. The molecule has 0 atom stereocenters. The number of nitrogens with zero attached hydrogens (tertiary/aromatic N) is 1. The summed E-state index contributed by atoms with van der Waals surface area (Å²) in [5, 5.41) is 0. The van der Waals surface area contributed by atoms with Gasteiger partial charge in [-0.15, -0.1) is 0 Å². The molecule has 0 aliphatic heterocycles. The highest BCUT2D eigenvalue weighted by Crippen LogP contribution is 2.13. The molecule has 2 aromatic rings. The number of ketones is 2. The van der Waals surface area contributed by atoms with Gasteiger partial charge in [-0.3, -0.25) is 14.6 Å². The highest BCUT2D eigenvalue weighted by molar-refractivity contribution is 6.01. The minimum Gasteiger partial charge on any atom is -0.294 e. The monoisotopic (exact) mass is 271 g/mol. The molecule has 0 aliphatic carbocycles. The third kappa shape index (κ3) is 3.15. The van der Waals surface area contributed by atoms with E-state index in [0.29, 0.717) is 5.69 Å². The number of rotatable bonds is 5. The number of carbonyl (C=O) groups excluding carboxylic acids is 2. The molecule has 0 unspecified atom stereocenters. The van der Waals surface area contributed by atoms with Gasteiger partial charge < -0.3 is 0 Å². The number of hydrogen-bond donors (Lipinski definition) is 0. The summed E-state index contributed by atoms with van der Waals surface area (Å²) >= 11 is 0. The van der Waals surface area contributed by atoms with E-state index in [1.54, 1.807) is 31.3 Å². The van der Waals surface area contributed by atoms with Crippen LogP contribution in [0.15, 0.2) is 42.6 Å². The van der Waals surface area contributed by atoms with Crippen molar-refractivity contribution < 1.29 is 14.0 Å². The zero-order valence-electron chi connectivity index (χ0n) is 11.1. The van der Waals surface area contributed by atoms with Crippen molar-refractivity contribution in [2.75, 3.05) is 0 Å². The average molecular weight is 271 g/mol. The number of hydrogen-bond acceptors (Lipinski definition) is 3. The molecule has 4 heteroatoms. The van der Waals surface area contributed by atoms with Crippen molar-refractivity contribution in [3.63, 3.8) is 0 Å². The van der Waals surface area contributed by atoms with Crippen molar-refractivity contribution in [1.29, 1.82) is 0 Å². The molecule has 0 aliphatic rings. The molecule has 3 nitrogen and oxygen atoms in total. The van der Waals surface area contributed by atoms with Gasteiger partial charge in [0.1, 0.15) is 11.5 Å². The van der Waals surface area contributed by atoms with E-state index in [1.807, 2.05) is 0 Å². The Morgan fingerprint density at radius 2 is 1.75 bits per heavy atom. The first-order chi connectivity index (χ1) is 9.59. The van der Waals surface area contributed by atoms with Crippen LogP contribution in [-0.2, 0) is 0 Å². The van der Waals surface area contributed by atoms with Crippen LogP contribution >= 0.6 is 0 Å². The Labute approximate surface area is 116 Å². The summed E-state index contributed by atoms with van der Waals surface area (Å²) in [5.41, 5.74) is 1.17. The third-order valence-corrected chi connectivity index (χ3v) is 3.03. The van der Waals surface area contributed by atoms with Crippen LogP contribution in [-0.4, -0.2) is 16.6 Å². The minimum absolute atomic E-state index is 0.0181. The van der Waals surface area contributed by atoms with Crippen LogP contribution in [0.1, 0.15) is 39.3 Å². The van der Waals surface area contributed by atoms with Crippen molar-refractivity contribution in [2.45, 2.75) is 19.8 Å². The van der Waals surface area contributed by atoms with E-state index in [-0.39, 0.29) is 30.0 Å². The first kappa shape index (κ1) is 14.1. The maximum atomic E-state index is 13.4. The minimum atomic E-state index is -0.557. The van der Waals surface area contributed by atoms with E-state index in [4.69, 9.17) is 0 Å². The molecule has 2 rings (SSSR count). The molecule has 1 heterocycles. The lowest BCUT2D eigenvalue weighted by Crippen LogP contribution is -2.09. The molecule has 1 aromatic carbocycles. The van der Waals surface area contributed by atoms with Crippen molar-refractivity contribution in [2.24, 2.45) is 0 Å². The number of aryl methyl sites for hydroxylation is 1. The maximum Gasteiger partial charge on any atom is 0.181 e. The highest BCUT2D eigenvalue weighted by Gasteiger charge is 2.15. The lowest BCUT2D eigenvalue weighted by atomic mass is 10.0. The Morgan fingerprint density at radius 1 is 1.05 bits per heavy atom. The molecule has 0 radical (unpaired) electrons. The topological polar surface area (TPSA) is 47.0 Å². The normalized spacial score (nSPS) is 10.3. The number of pyridine rings is 1. The van der Waals surface area contributed by atoms with Gasteiger partial charge in [-0.1, -0.05) is 18.2 Å². The van der Waals surface area contributed by atoms with Gasteiger partial charge in [-0.05, 0) is 30.7 Å². The largest absolute Gasteiger partial charge is 0.294 e. The van der Waals surface area contributed by atoms with E-state index < -0.39 is 5.82 Å². The molecule has 0 N–H and O–H groups in total. The second-order valence-electron chi connectivity index (χ2n) is 4.50. The zero-order valence-corrected chi connectivity index (χ0v) is 11.1. The summed E-state index contributed by atoms with van der Waals surface area (Å²) in [4.78, 5) is 27.9. The van der Waals surface area contributed by atoms with E-state index in [2.05, 4.69) is 4.98 Å². The van der Waals surface area contributed by atoms with E-state index in [0.717, 1.165) is 5.56 Å². The van der Waals surface area contributed by atoms with Crippen molar-refractivity contribution in [3.05, 3.63) is 65.2 Å². The molecule has 0 fully saturated rings. The number of Topliss-reactive ketones (excluding diaryl/α,β-unsaturated/α-hetero) is 2. The summed E-state index contributed by atoms with van der Waals surface area (Å²) in [5.74, 6) is -1.13. The number of carbonyl (C=O) groups is 2. The Kier molecular flexibility index (Phi) is 4.35. The van der Waals surface area contributed by atoms with Crippen molar-refractivity contribution in [3.8, 4) is 0 Å². The Balaban J connectivity index is 2.03. The van der Waals surface area contributed by atoms with Gasteiger partial charge in [0, 0.05) is 19.0 Å². The Hall–Kier alpha value is -2.36. The fourth-order valence-corrected chi connectivity index (χ4v) is 1.95. The van der Waals surface area contributed by atoms with Crippen LogP contribution in [0.3, 0.4) is 0 Å². The van der Waals surface area contributed by atoms with Crippen LogP contribution in [0, 0.1) is 12.7 Å². The number of benzene rings is 1. The van der Waals surface area contributed by atoms with Gasteiger partial charge in [-0.2, -0.15) is 0 Å². The van der Waals surface area contributed by atoms with Crippen LogP contribution < -0.4 is 0 Å². The molecule has 102 valence electrons. The van der Waals surface area contributed by atoms with Crippen LogP contribution in [0.5, 0.6) is 0 Å². The van der Waals surface area contributed by atoms with E-state index in [9.17, 15) is 14.0 Å². The lowest BCUT2D eigenvalue weighted by Gasteiger charge is -2.04. The maximum absolute atomic E-state index is 13.4. The Bertz CT molecular complexity index is 595. The first-order valence-corrected chi connectivity index (χ1v) is 6.32. The summed E-state index contributed by atoms with van der Waals surface area (Å²) < 4.78 is 13.4. The second-order valence-corrected chi connectivity index (χ2v) is 4.50. The van der Waals surface area contributed by atoms with Crippen molar-refractivity contribution >= 4 is 11.6 Å². The van der Waals surface area contributed by atoms with E-state index >= 15 is 0 Å². The summed E-state index contributed by atoms with van der Waals surface area (Å²) in [6, 6.07) is 9.32. The molecular formula is C16H14FNO2. The predicted molar refractivity (Wildman–Crippen MR) is 73.3 cm³/mol. The summed E-state index contributed by atoms with van der Waals surface area (Å²) in [7, 11) is 0. The van der Waals surface area contributed by atoms with Gasteiger partial charge in [-0.25, -0.2) is 4.39 Å². The molecular weight excluding hydrogens is 257 g/mol. The molecule has 0 saturated carbocycles. The van der Waals surface area contributed by atoms with Gasteiger partial charge >= 0.3 is 0 Å². The highest BCUT2D eigenvalue weighted by atomic mass is 19.1. The molecule has 0 bridgehead atoms. The fourth-order valence-electron chi connectivity index (χ4n) is 1.95. The predicted octanol–water partition coefficient (Wildman–Crippen LogP) is 3.37. The van der Waals surface area contributed by atoms with Gasteiger partial charge in [0.15, 0.2) is 11.6 Å². The smallest absolute Gasteiger partial charge is 0.181 e. The summed E-state index contributed by atoms with van der Waals surface area (Å²) in [6.07, 6.45) is 1.56. The molecule has 1 aromatic heterocycles. The third-order valence-electron chi connectivity index (χ3n) is 3.03. The lowest BCUT2D eigenvalue weighted by molar-refractivity contribution is 0.0912. The second kappa shape index (κ2) is 6.19. The van der Waals surface area contributed by atoms with Crippen LogP contribution in [0.4, 0.5) is 4.39 Å². The fraction of sp³-hybridized carbons (Fsp3) is 0.188. The van der Waals surface area contributed by atoms with E-state index in [1.165, 1.54) is 18.2 Å². The first-order valence-electron chi connectivity index (χ1n) is 6.32. The van der Waals surface area contributed by atoms with Gasteiger partial charge in [0.05, 0.1) is 5.56 Å². The number of aromatic nitrogens is 1. The number of halogens is 1. The Morgan fingerprint density at radius 3 is 2.45 bits per heavy atom. The average Bonchev–Trinajstić information content (AvgIpc) is 2.45. The summed E-state index contributed by atoms with van der Waals surface area (Å²) in [6.45, 7) is 1.79.